The molecule has 2 heterocycles. The molecule has 2 saturated heterocycles. The Balaban J connectivity index is 1.69. The Morgan fingerprint density at radius 1 is 1.21 bits per heavy atom. The average molecular weight is 323 g/mol. The van der Waals surface area contributed by atoms with Crippen molar-refractivity contribution >= 4 is 21.6 Å². The van der Waals surface area contributed by atoms with Gasteiger partial charge in [-0.05, 0) is 60.3 Å². The van der Waals surface area contributed by atoms with Crippen LogP contribution < -0.4 is 5.32 Å². The number of piperidine rings is 2. The highest BCUT2D eigenvalue weighted by Crippen LogP contribution is 2.35. The first-order valence-electron chi connectivity index (χ1n) is 7.54. The summed E-state index contributed by atoms with van der Waals surface area (Å²) in [5.74, 6) is 0. The van der Waals surface area contributed by atoms with Gasteiger partial charge in [0.1, 0.15) is 0 Å². The van der Waals surface area contributed by atoms with Gasteiger partial charge in [-0.2, -0.15) is 0 Å². The van der Waals surface area contributed by atoms with Crippen molar-refractivity contribution in [2.24, 2.45) is 0 Å². The molecule has 0 radical (unpaired) electrons. The van der Waals surface area contributed by atoms with Crippen molar-refractivity contribution in [2.75, 3.05) is 11.9 Å². The minimum Gasteiger partial charge on any atom is -0.381 e. The summed E-state index contributed by atoms with van der Waals surface area (Å²) in [6.07, 6.45) is 6.79. The van der Waals surface area contributed by atoms with Gasteiger partial charge in [0.05, 0.1) is 0 Å². The fourth-order valence-corrected chi connectivity index (χ4v) is 4.31. The highest BCUT2D eigenvalue weighted by atomic mass is 79.9. The minimum atomic E-state index is 0.636. The molecule has 2 aliphatic rings. The molecular formula is C16H23BrN2. The molecule has 0 aliphatic carbocycles. The Morgan fingerprint density at radius 2 is 1.89 bits per heavy atom. The van der Waals surface area contributed by atoms with Crippen LogP contribution in [0.5, 0.6) is 0 Å². The summed E-state index contributed by atoms with van der Waals surface area (Å²) in [7, 11) is 0. The maximum atomic E-state index is 3.75. The zero-order valence-electron chi connectivity index (χ0n) is 11.6. The van der Waals surface area contributed by atoms with E-state index >= 15 is 0 Å². The van der Waals surface area contributed by atoms with E-state index in [1.165, 1.54) is 48.8 Å². The molecule has 2 nitrogen and oxygen atoms in total. The van der Waals surface area contributed by atoms with E-state index in [0.717, 1.165) is 12.1 Å². The van der Waals surface area contributed by atoms with Crippen LogP contribution in [0.3, 0.4) is 0 Å². The first-order chi connectivity index (χ1) is 9.28. The fraction of sp³-hybridized carbons (Fsp3) is 0.625. The number of para-hydroxylation sites is 1. The third-order valence-corrected chi connectivity index (χ3v) is 5.42. The lowest BCUT2D eigenvalue weighted by Gasteiger charge is -2.49. The van der Waals surface area contributed by atoms with Crippen molar-refractivity contribution in [3.63, 3.8) is 0 Å². The van der Waals surface area contributed by atoms with E-state index < -0.39 is 0 Å². The molecule has 104 valence electrons. The summed E-state index contributed by atoms with van der Waals surface area (Å²) in [5.41, 5.74) is 1.25. The molecule has 0 spiro atoms. The maximum absolute atomic E-state index is 3.75. The number of nitrogens with zero attached hydrogens (tertiary/aromatic N) is 1. The summed E-state index contributed by atoms with van der Waals surface area (Å²) < 4.78 is 1.18. The third kappa shape index (κ3) is 2.82. The number of halogens is 1. The van der Waals surface area contributed by atoms with Crippen molar-refractivity contribution in [2.45, 2.75) is 57.2 Å². The Labute approximate surface area is 124 Å². The van der Waals surface area contributed by atoms with Gasteiger partial charge in [0, 0.05) is 28.3 Å². The maximum Gasteiger partial charge on any atom is 0.0486 e. The molecular weight excluding hydrogens is 300 g/mol. The van der Waals surface area contributed by atoms with Gasteiger partial charge in [0.15, 0.2) is 0 Å². The molecule has 0 aromatic heterocycles. The van der Waals surface area contributed by atoms with Crippen molar-refractivity contribution in [1.29, 1.82) is 0 Å². The standard InChI is InChI=1S/C16H23BrN2/c1-2-19-13-6-5-7-14(19)11-12(10-13)18-16-9-4-3-8-15(16)17/h3-4,8-9,12-14,18H,2,5-7,10-11H2,1H3. The Hall–Kier alpha value is -0.540. The number of hydrogen-bond acceptors (Lipinski definition) is 2. The second kappa shape index (κ2) is 5.84. The van der Waals surface area contributed by atoms with E-state index in [0.29, 0.717) is 6.04 Å². The van der Waals surface area contributed by atoms with Crippen LogP contribution in [0, 0.1) is 0 Å². The normalized spacial score (nSPS) is 31.2. The predicted molar refractivity (Wildman–Crippen MR) is 84.6 cm³/mol. The molecule has 2 unspecified atom stereocenters. The molecule has 1 N–H and O–H groups in total. The molecule has 0 saturated carbocycles. The van der Waals surface area contributed by atoms with Crippen LogP contribution in [0.15, 0.2) is 28.7 Å². The van der Waals surface area contributed by atoms with Gasteiger partial charge in [-0.15, -0.1) is 0 Å². The monoisotopic (exact) mass is 322 g/mol. The van der Waals surface area contributed by atoms with E-state index in [1.54, 1.807) is 0 Å². The van der Waals surface area contributed by atoms with Gasteiger partial charge >= 0.3 is 0 Å². The van der Waals surface area contributed by atoms with Gasteiger partial charge in [0.25, 0.3) is 0 Å². The van der Waals surface area contributed by atoms with Crippen molar-refractivity contribution in [3.05, 3.63) is 28.7 Å². The topological polar surface area (TPSA) is 15.3 Å². The molecule has 1 aromatic rings. The van der Waals surface area contributed by atoms with Crippen LogP contribution in [0.2, 0.25) is 0 Å². The van der Waals surface area contributed by atoms with Crippen molar-refractivity contribution in [1.82, 2.24) is 4.90 Å². The van der Waals surface area contributed by atoms with Gasteiger partial charge < -0.3 is 5.32 Å². The molecule has 0 amide bonds. The molecule has 2 atom stereocenters. The summed E-state index contributed by atoms with van der Waals surface area (Å²) in [5, 5.41) is 3.75. The largest absolute Gasteiger partial charge is 0.381 e. The molecule has 2 fully saturated rings. The van der Waals surface area contributed by atoms with Gasteiger partial charge in [0.2, 0.25) is 0 Å². The Bertz CT molecular complexity index is 421. The summed E-state index contributed by atoms with van der Waals surface area (Å²) >= 11 is 3.64. The average Bonchev–Trinajstić information content (AvgIpc) is 2.40. The van der Waals surface area contributed by atoms with Gasteiger partial charge in [-0.3, -0.25) is 4.90 Å². The van der Waals surface area contributed by atoms with Gasteiger partial charge in [-0.1, -0.05) is 25.5 Å². The molecule has 1 aromatic carbocycles. The lowest BCUT2D eigenvalue weighted by molar-refractivity contribution is 0.0401. The summed E-state index contributed by atoms with van der Waals surface area (Å²) in [6.45, 7) is 3.53. The lowest BCUT2D eigenvalue weighted by atomic mass is 9.81. The van der Waals surface area contributed by atoms with Crippen LogP contribution in [0.4, 0.5) is 5.69 Å². The number of anilines is 1. The van der Waals surface area contributed by atoms with Crippen LogP contribution in [-0.4, -0.2) is 29.6 Å². The third-order valence-electron chi connectivity index (χ3n) is 4.72. The quantitative estimate of drug-likeness (QED) is 0.894. The molecule has 3 rings (SSSR count). The SMILES string of the molecule is CCN1C2CCCC1CC(Nc1ccccc1Br)C2. The molecule has 3 heteroatoms. The van der Waals surface area contributed by atoms with Crippen LogP contribution in [0.25, 0.3) is 0 Å². The van der Waals surface area contributed by atoms with Crippen LogP contribution >= 0.6 is 15.9 Å². The van der Waals surface area contributed by atoms with Crippen molar-refractivity contribution in [3.8, 4) is 0 Å². The fourth-order valence-electron chi connectivity index (χ4n) is 3.91. The summed E-state index contributed by atoms with van der Waals surface area (Å²) in [6, 6.07) is 10.7. The second-order valence-electron chi connectivity index (χ2n) is 5.86. The Kier molecular flexibility index (Phi) is 4.13. The van der Waals surface area contributed by atoms with Crippen LogP contribution in [-0.2, 0) is 0 Å². The first-order valence-corrected chi connectivity index (χ1v) is 8.34. The minimum absolute atomic E-state index is 0.636. The summed E-state index contributed by atoms with van der Waals surface area (Å²) in [4.78, 5) is 2.74. The lowest BCUT2D eigenvalue weighted by Crippen LogP contribution is -2.54. The highest BCUT2D eigenvalue weighted by Gasteiger charge is 2.37. The Morgan fingerprint density at radius 3 is 2.53 bits per heavy atom. The number of rotatable bonds is 3. The van der Waals surface area contributed by atoms with Gasteiger partial charge in [-0.25, -0.2) is 0 Å². The molecule has 19 heavy (non-hydrogen) atoms. The number of benzene rings is 1. The van der Waals surface area contributed by atoms with E-state index in [-0.39, 0.29) is 0 Å². The van der Waals surface area contributed by atoms with Crippen molar-refractivity contribution < 1.29 is 0 Å². The smallest absolute Gasteiger partial charge is 0.0486 e. The predicted octanol–water partition coefficient (Wildman–Crippen LogP) is 4.27. The van der Waals surface area contributed by atoms with E-state index in [4.69, 9.17) is 0 Å². The molecule has 2 bridgehead atoms. The highest BCUT2D eigenvalue weighted by molar-refractivity contribution is 9.10. The first kappa shape index (κ1) is 13.4. The number of hydrogen-bond donors (Lipinski definition) is 1. The van der Waals surface area contributed by atoms with E-state index in [2.05, 4.69) is 57.3 Å². The van der Waals surface area contributed by atoms with E-state index in [9.17, 15) is 0 Å². The number of fused-ring (bicyclic) bond motifs is 2. The zero-order chi connectivity index (χ0) is 13.2. The number of nitrogens with one attached hydrogen (secondary N) is 1. The second-order valence-corrected chi connectivity index (χ2v) is 6.72. The van der Waals surface area contributed by atoms with E-state index in [1.807, 2.05) is 0 Å². The van der Waals surface area contributed by atoms with Crippen LogP contribution in [0.1, 0.15) is 39.0 Å². The molecule has 2 aliphatic heterocycles. The zero-order valence-corrected chi connectivity index (χ0v) is 13.2.